The Balaban J connectivity index is 1.92. The lowest BCUT2D eigenvalue weighted by Gasteiger charge is -2.14. The number of amides is 1. The van der Waals surface area contributed by atoms with Crippen molar-refractivity contribution in [1.82, 2.24) is 10.3 Å². The standard InChI is InChI=1S/C21H17ClN2O2/c22-18-9-10-19(24-21(18)26)17(12-14-8-11-20(25)23-14)16-7-3-5-13-4-1-2-6-15(13)16/h1-7,9-10,12,14H,8,11H2,(H,23,25)(H,24,26)/t14-/m1/s1. The molecule has 0 aliphatic carbocycles. The molecule has 0 radical (unpaired) electrons. The van der Waals surface area contributed by atoms with Crippen LogP contribution >= 0.6 is 11.6 Å². The maximum atomic E-state index is 12.0. The van der Waals surface area contributed by atoms with E-state index in [0.717, 1.165) is 28.3 Å². The van der Waals surface area contributed by atoms with Crippen LogP contribution in [0.2, 0.25) is 5.02 Å². The van der Waals surface area contributed by atoms with Gasteiger partial charge < -0.3 is 10.3 Å². The molecule has 1 atom stereocenters. The number of halogens is 1. The van der Waals surface area contributed by atoms with Crippen molar-refractivity contribution in [3.63, 3.8) is 0 Å². The van der Waals surface area contributed by atoms with Crippen LogP contribution in [0.5, 0.6) is 0 Å². The number of rotatable bonds is 3. The fourth-order valence-corrected chi connectivity index (χ4v) is 3.47. The topological polar surface area (TPSA) is 62.0 Å². The van der Waals surface area contributed by atoms with Crippen molar-refractivity contribution in [1.29, 1.82) is 0 Å². The molecule has 5 heteroatoms. The molecule has 130 valence electrons. The Morgan fingerprint density at radius 3 is 2.62 bits per heavy atom. The first-order valence-corrected chi connectivity index (χ1v) is 8.88. The van der Waals surface area contributed by atoms with Gasteiger partial charge in [-0.15, -0.1) is 0 Å². The Hall–Kier alpha value is -2.85. The average Bonchev–Trinajstić information content (AvgIpc) is 3.07. The molecule has 3 aromatic rings. The van der Waals surface area contributed by atoms with Crippen molar-refractivity contribution in [3.8, 4) is 0 Å². The molecule has 26 heavy (non-hydrogen) atoms. The van der Waals surface area contributed by atoms with Crippen LogP contribution in [0, 0.1) is 0 Å². The van der Waals surface area contributed by atoms with Gasteiger partial charge in [0.1, 0.15) is 5.02 Å². The minimum atomic E-state index is -0.328. The van der Waals surface area contributed by atoms with Gasteiger partial charge in [0.15, 0.2) is 0 Å². The molecular formula is C21H17ClN2O2. The molecule has 1 saturated heterocycles. The summed E-state index contributed by atoms with van der Waals surface area (Å²) < 4.78 is 0. The van der Waals surface area contributed by atoms with Crippen molar-refractivity contribution in [3.05, 3.63) is 87.3 Å². The molecule has 0 unspecified atom stereocenters. The normalized spacial score (nSPS) is 17.5. The van der Waals surface area contributed by atoms with Crippen LogP contribution in [0.1, 0.15) is 24.1 Å². The number of nitrogens with one attached hydrogen (secondary N) is 2. The maximum Gasteiger partial charge on any atom is 0.267 e. The van der Waals surface area contributed by atoms with E-state index in [9.17, 15) is 9.59 Å². The highest BCUT2D eigenvalue weighted by Crippen LogP contribution is 2.30. The number of hydrogen-bond donors (Lipinski definition) is 2. The minimum Gasteiger partial charge on any atom is -0.350 e. The maximum absolute atomic E-state index is 12.0. The van der Waals surface area contributed by atoms with Crippen LogP contribution in [0.15, 0.2) is 65.5 Å². The van der Waals surface area contributed by atoms with Crippen LogP contribution in [0.4, 0.5) is 0 Å². The van der Waals surface area contributed by atoms with E-state index in [0.29, 0.717) is 12.1 Å². The Bertz CT molecular complexity index is 1080. The average molecular weight is 365 g/mol. The molecule has 1 aliphatic rings. The number of fused-ring (bicyclic) bond motifs is 1. The van der Waals surface area contributed by atoms with Gasteiger partial charge in [0.05, 0.1) is 0 Å². The lowest BCUT2D eigenvalue weighted by atomic mass is 9.94. The van der Waals surface area contributed by atoms with Crippen molar-refractivity contribution >= 4 is 33.9 Å². The molecule has 0 spiro atoms. The molecule has 0 bridgehead atoms. The van der Waals surface area contributed by atoms with Crippen LogP contribution in [0.3, 0.4) is 0 Å². The van der Waals surface area contributed by atoms with E-state index in [1.807, 2.05) is 30.3 Å². The molecule has 2 N–H and O–H groups in total. The SMILES string of the molecule is O=C1CC[C@H](C=C(c2ccc(Cl)c(=O)[nH]2)c2cccc3ccccc23)N1. The second-order valence-corrected chi connectivity index (χ2v) is 6.78. The van der Waals surface area contributed by atoms with Crippen molar-refractivity contribution in [2.45, 2.75) is 18.9 Å². The molecule has 1 amide bonds. The Morgan fingerprint density at radius 2 is 1.85 bits per heavy atom. The summed E-state index contributed by atoms with van der Waals surface area (Å²) >= 11 is 5.90. The first-order valence-electron chi connectivity index (χ1n) is 8.50. The number of H-pyrrole nitrogens is 1. The minimum absolute atomic E-state index is 0.0492. The van der Waals surface area contributed by atoms with E-state index in [4.69, 9.17) is 11.6 Å². The van der Waals surface area contributed by atoms with E-state index < -0.39 is 0 Å². The van der Waals surface area contributed by atoms with Crippen molar-refractivity contribution in [2.24, 2.45) is 0 Å². The Labute approximate surface area is 155 Å². The molecule has 1 fully saturated rings. The van der Waals surface area contributed by atoms with Gasteiger partial charge in [-0.25, -0.2) is 0 Å². The van der Waals surface area contributed by atoms with E-state index >= 15 is 0 Å². The number of aromatic amines is 1. The largest absolute Gasteiger partial charge is 0.350 e. The molecule has 2 aromatic carbocycles. The summed E-state index contributed by atoms with van der Waals surface area (Å²) in [5.74, 6) is 0.0492. The summed E-state index contributed by atoms with van der Waals surface area (Å²) in [6.45, 7) is 0. The summed E-state index contributed by atoms with van der Waals surface area (Å²) in [7, 11) is 0. The summed E-state index contributed by atoms with van der Waals surface area (Å²) in [5, 5.41) is 5.32. The van der Waals surface area contributed by atoms with Crippen LogP contribution in [-0.2, 0) is 4.79 Å². The smallest absolute Gasteiger partial charge is 0.267 e. The molecule has 0 saturated carbocycles. The zero-order valence-corrected chi connectivity index (χ0v) is 14.7. The van der Waals surface area contributed by atoms with Gasteiger partial charge in [0.25, 0.3) is 5.56 Å². The van der Waals surface area contributed by atoms with Crippen LogP contribution in [-0.4, -0.2) is 16.9 Å². The highest BCUT2D eigenvalue weighted by Gasteiger charge is 2.21. The number of carbonyl (C=O) groups is 1. The van der Waals surface area contributed by atoms with Gasteiger partial charge in [0, 0.05) is 23.7 Å². The summed E-state index contributed by atoms with van der Waals surface area (Å²) in [6.07, 6.45) is 3.28. The van der Waals surface area contributed by atoms with Crippen LogP contribution < -0.4 is 10.9 Å². The monoisotopic (exact) mass is 364 g/mol. The number of aromatic nitrogens is 1. The zero-order chi connectivity index (χ0) is 18.1. The highest BCUT2D eigenvalue weighted by molar-refractivity contribution is 6.30. The Kier molecular flexibility index (Phi) is 4.35. The van der Waals surface area contributed by atoms with Gasteiger partial charge >= 0.3 is 0 Å². The number of carbonyl (C=O) groups excluding carboxylic acids is 1. The highest BCUT2D eigenvalue weighted by atomic mass is 35.5. The Morgan fingerprint density at radius 1 is 1.04 bits per heavy atom. The van der Waals surface area contributed by atoms with Gasteiger partial charge in [-0.2, -0.15) is 0 Å². The van der Waals surface area contributed by atoms with E-state index in [2.05, 4.69) is 28.5 Å². The molecule has 1 aromatic heterocycles. The molecule has 4 nitrogen and oxygen atoms in total. The number of benzene rings is 2. The third-order valence-electron chi connectivity index (χ3n) is 4.63. The molecule has 2 heterocycles. The van der Waals surface area contributed by atoms with Crippen LogP contribution in [0.25, 0.3) is 16.3 Å². The predicted octanol–water partition coefficient (Wildman–Crippen LogP) is 3.89. The predicted molar refractivity (Wildman–Crippen MR) is 104 cm³/mol. The fraction of sp³-hybridized carbons (Fsp3) is 0.143. The first-order chi connectivity index (χ1) is 12.6. The quantitative estimate of drug-likeness (QED) is 0.740. The third kappa shape index (κ3) is 3.16. The van der Waals surface area contributed by atoms with Crippen molar-refractivity contribution in [2.75, 3.05) is 0 Å². The van der Waals surface area contributed by atoms with Gasteiger partial charge in [-0.05, 0) is 34.9 Å². The molecular weight excluding hydrogens is 348 g/mol. The van der Waals surface area contributed by atoms with E-state index in [1.165, 1.54) is 0 Å². The lowest BCUT2D eigenvalue weighted by Crippen LogP contribution is -2.23. The summed E-state index contributed by atoms with van der Waals surface area (Å²) in [5.41, 5.74) is 2.23. The number of pyridine rings is 1. The van der Waals surface area contributed by atoms with E-state index in [-0.39, 0.29) is 22.5 Å². The molecule has 1 aliphatic heterocycles. The second-order valence-electron chi connectivity index (χ2n) is 6.37. The zero-order valence-electron chi connectivity index (χ0n) is 14.0. The first kappa shape index (κ1) is 16.6. The molecule has 4 rings (SSSR count). The van der Waals surface area contributed by atoms with Gasteiger partial charge in [-0.1, -0.05) is 60.1 Å². The second kappa shape index (κ2) is 6.81. The summed E-state index contributed by atoms with van der Waals surface area (Å²) in [4.78, 5) is 26.5. The number of hydrogen-bond acceptors (Lipinski definition) is 2. The summed E-state index contributed by atoms with van der Waals surface area (Å²) in [6, 6.07) is 17.5. The lowest BCUT2D eigenvalue weighted by molar-refractivity contribution is -0.119. The fourth-order valence-electron chi connectivity index (χ4n) is 3.36. The van der Waals surface area contributed by atoms with Gasteiger partial charge in [-0.3, -0.25) is 9.59 Å². The van der Waals surface area contributed by atoms with E-state index in [1.54, 1.807) is 12.1 Å². The third-order valence-corrected chi connectivity index (χ3v) is 4.93. The van der Waals surface area contributed by atoms with Crippen molar-refractivity contribution < 1.29 is 4.79 Å². The van der Waals surface area contributed by atoms with Gasteiger partial charge in [0.2, 0.25) is 5.91 Å².